The molecule has 2 aliphatic rings. The molecule has 2 atom stereocenters. The van der Waals surface area contributed by atoms with Gasteiger partial charge in [-0.3, -0.25) is 0 Å². The van der Waals surface area contributed by atoms with Gasteiger partial charge in [-0.05, 0) is 35.6 Å². The first kappa shape index (κ1) is 11.7. The number of rotatable bonds is 1. The molecule has 1 saturated carbocycles. The van der Waals surface area contributed by atoms with Crippen LogP contribution < -0.4 is 0 Å². The molecule has 15 heavy (non-hydrogen) atoms. The quantitative estimate of drug-likeness (QED) is 0.692. The fourth-order valence-corrected chi connectivity index (χ4v) is 5.59. The average molecular weight is 231 g/mol. The second-order valence-corrected chi connectivity index (χ2v) is 7.65. The third-order valence-corrected chi connectivity index (χ3v) is 6.60. The zero-order valence-electron chi connectivity index (χ0n) is 9.82. The first-order valence-corrected chi connectivity index (χ1v) is 7.73. The molecule has 1 N–H and O–H groups in total. The van der Waals surface area contributed by atoms with Gasteiger partial charge < -0.3 is 9.84 Å². The molecule has 1 aliphatic carbocycles. The van der Waals surface area contributed by atoms with E-state index in [1.165, 1.54) is 24.3 Å². The Balaban J connectivity index is 1.92. The predicted octanol–water partition coefficient (Wildman–Crippen LogP) is 1.43. The average Bonchev–Trinajstić information content (AvgIpc) is 2.26. The number of aliphatic hydroxyl groups excluding tert-OH is 1. The summed E-state index contributed by atoms with van der Waals surface area (Å²) in [5.74, 6) is 3.52. The SMILES string of the molecule is CC1CC([S+]2CCOCC2)CC(C)C1O. The van der Waals surface area contributed by atoms with Crippen LogP contribution in [0, 0.1) is 11.8 Å². The van der Waals surface area contributed by atoms with Gasteiger partial charge in [0, 0.05) is 0 Å². The normalized spacial score (nSPS) is 44.2. The summed E-state index contributed by atoms with van der Waals surface area (Å²) in [5, 5.41) is 10.8. The second-order valence-electron chi connectivity index (χ2n) is 5.10. The number of hydrogen-bond acceptors (Lipinski definition) is 2. The van der Waals surface area contributed by atoms with Gasteiger partial charge in [-0.25, -0.2) is 0 Å². The minimum absolute atomic E-state index is 0.0640. The second kappa shape index (κ2) is 5.07. The molecule has 0 amide bonds. The van der Waals surface area contributed by atoms with Gasteiger partial charge in [-0.15, -0.1) is 0 Å². The van der Waals surface area contributed by atoms with E-state index in [1.54, 1.807) is 0 Å². The summed E-state index contributed by atoms with van der Waals surface area (Å²) in [4.78, 5) is 0. The first-order chi connectivity index (χ1) is 7.18. The molecular formula is C12H23O2S+. The Hall–Kier alpha value is 0.270. The Bertz CT molecular complexity index is 192. The molecule has 88 valence electrons. The van der Waals surface area contributed by atoms with Crippen LogP contribution in [0.5, 0.6) is 0 Å². The Morgan fingerprint density at radius 3 is 2.13 bits per heavy atom. The Morgan fingerprint density at radius 1 is 1.07 bits per heavy atom. The molecule has 2 fully saturated rings. The van der Waals surface area contributed by atoms with Gasteiger partial charge in [-0.2, -0.15) is 0 Å². The minimum Gasteiger partial charge on any atom is -0.393 e. The molecule has 0 bridgehead atoms. The van der Waals surface area contributed by atoms with Crippen LogP contribution in [0.2, 0.25) is 0 Å². The molecule has 2 unspecified atom stereocenters. The van der Waals surface area contributed by atoms with Crippen LogP contribution in [0.15, 0.2) is 0 Å². The first-order valence-electron chi connectivity index (χ1n) is 6.10. The maximum absolute atomic E-state index is 9.94. The smallest absolute Gasteiger partial charge is 0.131 e. The highest BCUT2D eigenvalue weighted by Gasteiger charge is 2.41. The largest absolute Gasteiger partial charge is 0.393 e. The van der Waals surface area contributed by atoms with Crippen molar-refractivity contribution in [2.24, 2.45) is 11.8 Å². The monoisotopic (exact) mass is 231 g/mol. The third kappa shape index (κ3) is 2.69. The van der Waals surface area contributed by atoms with E-state index in [0.717, 1.165) is 18.5 Å². The van der Waals surface area contributed by atoms with E-state index in [0.29, 0.717) is 22.7 Å². The van der Waals surface area contributed by atoms with Gasteiger partial charge in [0.25, 0.3) is 0 Å². The van der Waals surface area contributed by atoms with Crippen molar-refractivity contribution in [2.75, 3.05) is 24.7 Å². The molecule has 1 aliphatic heterocycles. The molecule has 0 aromatic carbocycles. The van der Waals surface area contributed by atoms with Crippen molar-refractivity contribution in [3.8, 4) is 0 Å². The Kier molecular flexibility index (Phi) is 3.97. The molecule has 1 heterocycles. The van der Waals surface area contributed by atoms with Gasteiger partial charge in [0.2, 0.25) is 0 Å². The standard InChI is InChI=1S/C12H23O2S/c1-9-7-11(8-10(2)12(9)13)15-5-3-14-4-6-15/h9-13H,3-8H2,1-2H3/q+1. The molecule has 1 saturated heterocycles. The van der Waals surface area contributed by atoms with Crippen LogP contribution >= 0.6 is 0 Å². The van der Waals surface area contributed by atoms with Crippen molar-refractivity contribution in [1.29, 1.82) is 0 Å². The molecule has 0 radical (unpaired) electrons. The summed E-state index contributed by atoms with van der Waals surface area (Å²) in [6.45, 7) is 6.34. The maximum atomic E-state index is 9.94. The van der Waals surface area contributed by atoms with Crippen molar-refractivity contribution in [3.63, 3.8) is 0 Å². The van der Waals surface area contributed by atoms with Gasteiger partial charge >= 0.3 is 0 Å². The minimum atomic E-state index is -0.0640. The van der Waals surface area contributed by atoms with Crippen LogP contribution in [0.25, 0.3) is 0 Å². The molecule has 0 aromatic heterocycles. The van der Waals surface area contributed by atoms with E-state index >= 15 is 0 Å². The van der Waals surface area contributed by atoms with Crippen molar-refractivity contribution in [3.05, 3.63) is 0 Å². The summed E-state index contributed by atoms with van der Waals surface area (Å²) in [7, 11) is 0.576. The topological polar surface area (TPSA) is 29.5 Å². The van der Waals surface area contributed by atoms with E-state index in [4.69, 9.17) is 4.74 Å². The predicted molar refractivity (Wildman–Crippen MR) is 65.3 cm³/mol. The molecule has 0 spiro atoms. The third-order valence-electron chi connectivity index (χ3n) is 3.89. The van der Waals surface area contributed by atoms with Crippen molar-refractivity contribution >= 4 is 10.9 Å². The van der Waals surface area contributed by atoms with E-state index in [-0.39, 0.29) is 6.10 Å². The van der Waals surface area contributed by atoms with Gasteiger partial charge in [-0.1, -0.05) is 13.8 Å². The zero-order chi connectivity index (χ0) is 10.8. The molecule has 3 heteroatoms. The van der Waals surface area contributed by atoms with Gasteiger partial charge in [0.15, 0.2) is 0 Å². The zero-order valence-corrected chi connectivity index (χ0v) is 10.6. The van der Waals surface area contributed by atoms with Gasteiger partial charge in [0.1, 0.15) is 16.8 Å². The lowest BCUT2D eigenvalue weighted by molar-refractivity contribution is 0.0351. The van der Waals surface area contributed by atoms with E-state index in [1.807, 2.05) is 0 Å². The van der Waals surface area contributed by atoms with Crippen LogP contribution in [0.4, 0.5) is 0 Å². The van der Waals surface area contributed by atoms with E-state index < -0.39 is 0 Å². The lowest BCUT2D eigenvalue weighted by Crippen LogP contribution is -2.44. The fourth-order valence-electron chi connectivity index (χ4n) is 2.91. The van der Waals surface area contributed by atoms with E-state index in [9.17, 15) is 5.11 Å². The molecule has 2 nitrogen and oxygen atoms in total. The highest BCUT2D eigenvalue weighted by atomic mass is 32.2. The number of aliphatic hydroxyl groups is 1. The van der Waals surface area contributed by atoms with Crippen molar-refractivity contribution < 1.29 is 9.84 Å². The Morgan fingerprint density at radius 2 is 1.60 bits per heavy atom. The lowest BCUT2D eigenvalue weighted by atomic mass is 9.80. The number of ether oxygens (including phenoxy) is 1. The Labute approximate surface area is 95.7 Å². The highest BCUT2D eigenvalue weighted by Crippen LogP contribution is 2.34. The van der Waals surface area contributed by atoms with Crippen LogP contribution in [0.1, 0.15) is 26.7 Å². The van der Waals surface area contributed by atoms with Crippen molar-refractivity contribution in [1.82, 2.24) is 0 Å². The maximum Gasteiger partial charge on any atom is 0.131 e. The summed E-state index contributed by atoms with van der Waals surface area (Å²) in [6, 6.07) is 0. The molecule has 2 rings (SSSR count). The van der Waals surface area contributed by atoms with E-state index in [2.05, 4.69) is 13.8 Å². The highest BCUT2D eigenvalue weighted by molar-refractivity contribution is 7.97. The fraction of sp³-hybridized carbons (Fsp3) is 1.00. The lowest BCUT2D eigenvalue weighted by Gasteiger charge is -2.36. The summed E-state index contributed by atoms with van der Waals surface area (Å²) in [6.07, 6.45) is 2.40. The number of hydrogen-bond donors (Lipinski definition) is 1. The molecular weight excluding hydrogens is 208 g/mol. The van der Waals surface area contributed by atoms with Crippen LogP contribution in [-0.2, 0) is 15.6 Å². The molecule has 0 aromatic rings. The summed E-state index contributed by atoms with van der Waals surface area (Å²) in [5.41, 5.74) is 0. The summed E-state index contributed by atoms with van der Waals surface area (Å²) < 4.78 is 5.42. The van der Waals surface area contributed by atoms with Crippen LogP contribution in [0.3, 0.4) is 0 Å². The van der Waals surface area contributed by atoms with Crippen molar-refractivity contribution in [2.45, 2.75) is 38.0 Å². The van der Waals surface area contributed by atoms with Gasteiger partial charge in [0.05, 0.1) is 19.3 Å². The van der Waals surface area contributed by atoms with Crippen LogP contribution in [-0.4, -0.2) is 41.2 Å². The summed E-state index contributed by atoms with van der Waals surface area (Å²) >= 11 is 0.